The predicted octanol–water partition coefficient (Wildman–Crippen LogP) is 2.76. The van der Waals surface area contributed by atoms with Crippen molar-refractivity contribution in [3.63, 3.8) is 0 Å². The van der Waals surface area contributed by atoms with E-state index in [2.05, 4.69) is 51.6 Å². The van der Waals surface area contributed by atoms with Crippen LogP contribution in [0.1, 0.15) is 23.0 Å². The number of aromatic nitrogens is 8. The molecule has 0 aliphatic carbocycles. The Kier molecular flexibility index (Phi) is 7.64. The summed E-state index contributed by atoms with van der Waals surface area (Å²) < 4.78 is 4.50. The Morgan fingerprint density at radius 2 is 1.07 bits per heavy atom. The molecule has 0 bridgehead atoms. The van der Waals surface area contributed by atoms with Crippen LogP contribution in [0.5, 0.6) is 0 Å². The highest BCUT2D eigenvalue weighted by atomic mass is 32.1. The third-order valence-electron chi connectivity index (χ3n) is 6.15. The van der Waals surface area contributed by atoms with Crippen LogP contribution in [0.3, 0.4) is 0 Å². The van der Waals surface area contributed by atoms with Crippen molar-refractivity contribution in [2.75, 3.05) is 10.9 Å². The molecule has 4 heterocycles. The van der Waals surface area contributed by atoms with Crippen molar-refractivity contribution >= 4 is 55.3 Å². The summed E-state index contributed by atoms with van der Waals surface area (Å²) in [4.78, 5) is 21.9. The van der Waals surface area contributed by atoms with Gasteiger partial charge in [-0.2, -0.15) is 29.4 Å². The van der Waals surface area contributed by atoms with Gasteiger partial charge in [-0.15, -0.1) is 20.4 Å². The summed E-state index contributed by atoms with van der Waals surface area (Å²) in [7, 11) is 0. The van der Waals surface area contributed by atoms with Crippen LogP contribution >= 0.6 is 22.7 Å². The summed E-state index contributed by atoms with van der Waals surface area (Å²) in [6, 6.07) is 11.9. The molecule has 2 N–H and O–H groups in total. The van der Waals surface area contributed by atoms with Gasteiger partial charge in [0.1, 0.15) is 0 Å². The number of anilines is 2. The zero-order valence-corrected chi connectivity index (χ0v) is 24.5. The molecule has 2 aromatic carbocycles. The number of rotatable bonds is 9. The van der Waals surface area contributed by atoms with E-state index in [1.165, 1.54) is 46.9 Å². The molecule has 4 aromatic heterocycles. The van der Waals surface area contributed by atoms with Crippen molar-refractivity contribution in [3.8, 4) is 0 Å². The lowest BCUT2D eigenvalue weighted by Gasteiger charge is -2.02. The SMILES string of the molecule is Cc1nn2c(CCc3nnc4s/c(=N\Nc5ccc([N+](=O)[O-])cc5)c(C)nn34)nnc2s/c1=N\Nc1ccc([N+](=O)[O-])cc1. The lowest BCUT2D eigenvalue weighted by Crippen LogP contribution is -2.14. The van der Waals surface area contributed by atoms with E-state index >= 15 is 0 Å². The molecule has 18 nitrogen and oxygen atoms in total. The maximum atomic E-state index is 10.9. The third-order valence-corrected chi connectivity index (χ3v) is 8.18. The van der Waals surface area contributed by atoms with Crippen molar-refractivity contribution in [1.29, 1.82) is 0 Å². The molecule has 0 aliphatic heterocycles. The second-order valence-corrected chi connectivity index (χ2v) is 11.1. The van der Waals surface area contributed by atoms with E-state index in [-0.39, 0.29) is 11.4 Å². The summed E-state index contributed by atoms with van der Waals surface area (Å²) in [5.41, 5.74) is 8.24. The van der Waals surface area contributed by atoms with Crippen molar-refractivity contribution < 1.29 is 9.85 Å². The van der Waals surface area contributed by atoms with E-state index in [4.69, 9.17) is 0 Å². The number of hydrogen-bond acceptors (Lipinski definition) is 16. The summed E-state index contributed by atoms with van der Waals surface area (Å²) >= 11 is 2.59. The Bertz CT molecular complexity index is 2010. The lowest BCUT2D eigenvalue weighted by molar-refractivity contribution is -0.385. The third kappa shape index (κ3) is 5.91. The molecule has 0 atom stereocenters. The predicted molar refractivity (Wildman–Crippen MR) is 159 cm³/mol. The highest BCUT2D eigenvalue weighted by molar-refractivity contribution is 7.14. The number of nitro benzene ring substituents is 2. The Balaban J connectivity index is 1.17. The molecule has 20 heteroatoms. The Morgan fingerprint density at radius 3 is 1.43 bits per heavy atom. The molecule has 0 amide bonds. The van der Waals surface area contributed by atoms with Crippen LogP contribution in [0.4, 0.5) is 22.7 Å². The van der Waals surface area contributed by atoms with Crippen LogP contribution in [0, 0.1) is 34.1 Å². The Morgan fingerprint density at radius 1 is 0.682 bits per heavy atom. The number of nitro groups is 2. The zero-order valence-electron chi connectivity index (χ0n) is 22.8. The first-order chi connectivity index (χ1) is 21.2. The molecule has 0 aliphatic rings. The van der Waals surface area contributed by atoms with Gasteiger partial charge in [0.2, 0.25) is 9.92 Å². The van der Waals surface area contributed by atoms with Gasteiger partial charge in [-0.3, -0.25) is 31.1 Å². The first-order valence-electron chi connectivity index (χ1n) is 12.8. The van der Waals surface area contributed by atoms with Gasteiger partial charge in [0.15, 0.2) is 21.0 Å². The Labute approximate surface area is 253 Å². The van der Waals surface area contributed by atoms with Crippen LogP contribution in [-0.4, -0.2) is 49.5 Å². The number of non-ortho nitro benzene ring substituents is 2. The summed E-state index contributed by atoms with van der Waals surface area (Å²) in [5, 5.41) is 56.8. The van der Waals surface area contributed by atoms with E-state index in [1.54, 1.807) is 33.3 Å². The van der Waals surface area contributed by atoms with Crippen molar-refractivity contribution in [2.24, 2.45) is 10.2 Å². The zero-order chi connectivity index (χ0) is 30.8. The van der Waals surface area contributed by atoms with Gasteiger partial charge in [-0.05, 0) is 38.1 Å². The van der Waals surface area contributed by atoms with E-state index in [0.717, 1.165) is 0 Å². The van der Waals surface area contributed by atoms with Gasteiger partial charge in [-0.1, -0.05) is 22.7 Å². The average Bonchev–Trinajstić information content (AvgIpc) is 3.60. The molecule has 0 saturated heterocycles. The highest BCUT2D eigenvalue weighted by Gasteiger charge is 2.14. The number of nitrogens with zero attached hydrogens (tertiary/aromatic N) is 12. The lowest BCUT2D eigenvalue weighted by atomic mass is 10.3. The fourth-order valence-electron chi connectivity index (χ4n) is 3.91. The van der Waals surface area contributed by atoms with Gasteiger partial charge in [0.25, 0.3) is 11.4 Å². The molecule has 0 fully saturated rings. The van der Waals surface area contributed by atoms with Crippen molar-refractivity contribution in [3.05, 3.63) is 101 Å². The standard InChI is InChI=1S/C24H20N14O4S2/c1-13-21(29-25-15-3-7-17(8-4-15)37(39)40)43-23-31-27-19(35(23)33-13)11-12-20-28-32-24-36(20)34-14(2)22(44-24)30-26-16-5-9-18(10-6-16)38(41)42/h3-10,25-26H,11-12H2,1-2H3/b29-21-,30-22-. The molecular formula is C24H20N14O4S2. The minimum Gasteiger partial charge on any atom is -0.277 e. The van der Waals surface area contributed by atoms with E-state index in [9.17, 15) is 20.2 Å². The first-order valence-corrected chi connectivity index (χ1v) is 14.4. The largest absolute Gasteiger partial charge is 0.277 e. The summed E-state index contributed by atoms with van der Waals surface area (Å²) in [6.07, 6.45) is 0.940. The topological polar surface area (TPSA) is 221 Å². The summed E-state index contributed by atoms with van der Waals surface area (Å²) in [5.74, 6) is 1.26. The normalized spacial score (nSPS) is 12.2. The quantitative estimate of drug-likeness (QED) is 0.173. The van der Waals surface area contributed by atoms with E-state index in [0.29, 0.717) is 66.5 Å². The van der Waals surface area contributed by atoms with Crippen LogP contribution in [-0.2, 0) is 12.8 Å². The smallest absolute Gasteiger partial charge is 0.269 e. The Hall–Kier alpha value is -5.76. The molecule has 44 heavy (non-hydrogen) atoms. The molecule has 0 unspecified atom stereocenters. The minimum absolute atomic E-state index is 0.00584. The number of hydrogen-bond donors (Lipinski definition) is 2. The second kappa shape index (κ2) is 11.9. The first kappa shape index (κ1) is 28.4. The maximum absolute atomic E-state index is 10.9. The highest BCUT2D eigenvalue weighted by Crippen LogP contribution is 2.17. The number of aryl methyl sites for hydroxylation is 4. The molecule has 6 aromatic rings. The minimum atomic E-state index is -0.462. The van der Waals surface area contributed by atoms with Crippen LogP contribution in [0.15, 0.2) is 58.7 Å². The fraction of sp³-hybridized carbons (Fsp3) is 0.167. The fourth-order valence-corrected chi connectivity index (χ4v) is 5.45. The van der Waals surface area contributed by atoms with Crippen LogP contribution in [0.2, 0.25) is 0 Å². The van der Waals surface area contributed by atoms with Crippen LogP contribution < -0.4 is 20.2 Å². The summed E-state index contributed by atoms with van der Waals surface area (Å²) in [6.45, 7) is 3.63. The van der Waals surface area contributed by atoms with Crippen molar-refractivity contribution in [1.82, 2.24) is 39.6 Å². The monoisotopic (exact) mass is 632 g/mol. The number of nitrogens with one attached hydrogen (secondary N) is 2. The van der Waals surface area contributed by atoms with E-state index in [1.807, 2.05) is 13.8 Å². The van der Waals surface area contributed by atoms with Gasteiger partial charge < -0.3 is 0 Å². The van der Waals surface area contributed by atoms with E-state index < -0.39 is 9.85 Å². The number of benzene rings is 2. The average molecular weight is 633 g/mol. The molecular weight excluding hydrogens is 612 g/mol. The van der Waals surface area contributed by atoms with Gasteiger partial charge in [0.05, 0.1) is 32.6 Å². The molecule has 0 spiro atoms. The van der Waals surface area contributed by atoms with Gasteiger partial charge in [-0.25, -0.2) is 0 Å². The van der Waals surface area contributed by atoms with Crippen LogP contribution in [0.25, 0.3) is 9.92 Å². The van der Waals surface area contributed by atoms with Gasteiger partial charge in [0, 0.05) is 37.1 Å². The molecule has 6 rings (SSSR count). The van der Waals surface area contributed by atoms with Crippen molar-refractivity contribution in [2.45, 2.75) is 26.7 Å². The number of fused-ring (bicyclic) bond motifs is 2. The molecule has 0 radical (unpaired) electrons. The maximum Gasteiger partial charge on any atom is 0.269 e. The molecule has 0 saturated carbocycles. The molecule has 222 valence electrons. The van der Waals surface area contributed by atoms with Gasteiger partial charge >= 0.3 is 0 Å². The second-order valence-electron chi connectivity index (χ2n) is 9.16.